The van der Waals surface area contributed by atoms with Crippen LogP contribution in [0.15, 0.2) is 57.9 Å². The largest absolute Gasteiger partial charge is 0.455 e. The average Bonchev–Trinajstić information content (AvgIpc) is 3.46. The zero-order chi connectivity index (χ0) is 27.5. The fourth-order valence-corrected chi connectivity index (χ4v) is 6.43. The van der Waals surface area contributed by atoms with Gasteiger partial charge in [0.2, 0.25) is 0 Å². The lowest BCUT2D eigenvalue weighted by Gasteiger charge is -2.12. The number of furan rings is 1. The summed E-state index contributed by atoms with van der Waals surface area (Å²) in [6, 6.07) is 14.4. The molecule has 1 aliphatic carbocycles. The van der Waals surface area contributed by atoms with Crippen molar-refractivity contribution in [2.24, 2.45) is 4.99 Å². The molecule has 0 aliphatic heterocycles. The molecule has 0 atom stereocenters. The predicted octanol–water partition coefficient (Wildman–Crippen LogP) is 8.50. The number of rotatable bonds is 6. The number of nitrogens with zero attached hydrogens (tertiary/aromatic N) is 2. The van der Waals surface area contributed by atoms with E-state index in [9.17, 15) is 14.9 Å². The molecule has 1 aliphatic rings. The Morgan fingerprint density at radius 2 is 1.74 bits per heavy atom. The third-order valence-electron chi connectivity index (χ3n) is 6.98. The highest BCUT2D eigenvalue weighted by Crippen LogP contribution is 2.39. The topological polar surface area (TPSA) is 97.7 Å². The van der Waals surface area contributed by atoms with E-state index in [0.717, 1.165) is 59.2 Å². The van der Waals surface area contributed by atoms with Gasteiger partial charge in [-0.1, -0.05) is 18.9 Å². The number of amides is 1. The Labute approximate surface area is 231 Å². The van der Waals surface area contributed by atoms with Crippen LogP contribution in [0.5, 0.6) is 0 Å². The van der Waals surface area contributed by atoms with Crippen molar-refractivity contribution in [2.45, 2.75) is 59.3 Å². The molecule has 0 saturated carbocycles. The quantitative estimate of drug-likeness (QED) is 0.150. The second kappa shape index (κ2) is 11.4. The minimum absolute atomic E-state index is 0.0458. The van der Waals surface area contributed by atoms with Crippen molar-refractivity contribution in [3.8, 4) is 11.3 Å². The molecular weight excluding hydrogens is 510 g/mol. The molecule has 8 heteroatoms. The van der Waals surface area contributed by atoms with Gasteiger partial charge >= 0.3 is 0 Å². The molecule has 2 aromatic carbocycles. The number of carbonyl (C=O) groups excluding carboxylic acids is 1. The fraction of sp³-hybridized carbons (Fsp3) is 0.290. The summed E-state index contributed by atoms with van der Waals surface area (Å²) < 4.78 is 6.02. The maximum atomic E-state index is 13.7. The first-order chi connectivity index (χ1) is 18.8. The molecule has 0 saturated heterocycles. The van der Waals surface area contributed by atoms with Crippen LogP contribution in [0.1, 0.15) is 68.9 Å². The Morgan fingerprint density at radius 3 is 2.46 bits per heavy atom. The lowest BCUT2D eigenvalue weighted by Crippen LogP contribution is -2.14. The Morgan fingerprint density at radius 1 is 1.00 bits per heavy atom. The van der Waals surface area contributed by atoms with E-state index in [1.807, 2.05) is 45.0 Å². The maximum absolute atomic E-state index is 13.7. The van der Waals surface area contributed by atoms with Crippen LogP contribution in [0.4, 0.5) is 16.4 Å². The number of thiophene rings is 1. The van der Waals surface area contributed by atoms with Crippen LogP contribution in [0.3, 0.4) is 0 Å². The summed E-state index contributed by atoms with van der Waals surface area (Å²) in [7, 11) is 0. The first-order valence-electron chi connectivity index (χ1n) is 13.2. The number of fused-ring (bicyclic) bond motifs is 1. The number of hydrogen-bond donors (Lipinski definition) is 1. The number of aryl methyl sites for hydroxylation is 4. The number of benzene rings is 2. The van der Waals surface area contributed by atoms with Crippen molar-refractivity contribution in [3.63, 3.8) is 0 Å². The number of nitro benzene ring substituents is 1. The molecule has 39 heavy (non-hydrogen) atoms. The van der Waals surface area contributed by atoms with E-state index in [4.69, 9.17) is 9.41 Å². The highest BCUT2D eigenvalue weighted by atomic mass is 32.1. The summed E-state index contributed by atoms with van der Waals surface area (Å²) in [6.45, 7) is 5.86. The summed E-state index contributed by atoms with van der Waals surface area (Å²) in [5.74, 6) is 1.02. The van der Waals surface area contributed by atoms with Crippen molar-refractivity contribution in [1.29, 1.82) is 0 Å². The number of nitro groups is 1. The van der Waals surface area contributed by atoms with Crippen LogP contribution in [-0.4, -0.2) is 17.0 Å². The highest BCUT2D eigenvalue weighted by Gasteiger charge is 2.24. The molecule has 4 aromatic rings. The van der Waals surface area contributed by atoms with E-state index in [0.29, 0.717) is 22.1 Å². The number of carbonyl (C=O) groups is 1. The zero-order valence-electron chi connectivity index (χ0n) is 22.4. The monoisotopic (exact) mass is 541 g/mol. The average molecular weight is 542 g/mol. The van der Waals surface area contributed by atoms with E-state index >= 15 is 0 Å². The van der Waals surface area contributed by atoms with Crippen LogP contribution in [0.2, 0.25) is 0 Å². The van der Waals surface area contributed by atoms with E-state index in [-0.39, 0.29) is 11.6 Å². The Hall–Kier alpha value is -4.04. The Kier molecular flexibility index (Phi) is 7.74. The normalized spacial score (nSPS) is 13.6. The summed E-state index contributed by atoms with van der Waals surface area (Å²) >= 11 is 1.59. The molecule has 0 bridgehead atoms. The van der Waals surface area contributed by atoms with Gasteiger partial charge in [-0.2, -0.15) is 0 Å². The first kappa shape index (κ1) is 26.6. The molecule has 200 valence electrons. The van der Waals surface area contributed by atoms with Gasteiger partial charge in [0.1, 0.15) is 16.5 Å². The highest BCUT2D eigenvalue weighted by molar-refractivity contribution is 7.16. The van der Waals surface area contributed by atoms with E-state index in [1.165, 1.54) is 29.9 Å². The molecule has 2 aromatic heterocycles. The second-order valence-electron chi connectivity index (χ2n) is 10.1. The zero-order valence-corrected chi connectivity index (χ0v) is 23.2. The maximum Gasteiger partial charge on any atom is 0.269 e. The Balaban J connectivity index is 1.46. The molecule has 1 N–H and O–H groups in total. The van der Waals surface area contributed by atoms with Gasteiger partial charge in [0.15, 0.2) is 0 Å². The summed E-state index contributed by atoms with van der Waals surface area (Å²) in [6.07, 6.45) is 8.04. The van der Waals surface area contributed by atoms with Crippen molar-refractivity contribution >= 4 is 39.8 Å². The third-order valence-corrected chi connectivity index (χ3v) is 8.18. The van der Waals surface area contributed by atoms with Crippen LogP contribution in [-0.2, 0) is 12.8 Å². The number of hydrogen-bond acceptors (Lipinski definition) is 6. The van der Waals surface area contributed by atoms with Crippen LogP contribution < -0.4 is 5.32 Å². The first-order valence-corrected chi connectivity index (χ1v) is 14.0. The molecular formula is C31H31N3O4S. The van der Waals surface area contributed by atoms with Crippen LogP contribution in [0, 0.1) is 30.9 Å². The van der Waals surface area contributed by atoms with Crippen LogP contribution >= 0.6 is 11.3 Å². The predicted molar refractivity (Wildman–Crippen MR) is 157 cm³/mol. The summed E-state index contributed by atoms with van der Waals surface area (Å²) in [5, 5.41) is 14.9. The molecule has 0 fully saturated rings. The van der Waals surface area contributed by atoms with Gasteiger partial charge in [0.25, 0.3) is 11.6 Å². The molecule has 0 unspecified atom stereocenters. The molecule has 0 spiro atoms. The Bertz CT molecular complexity index is 1560. The molecule has 1 amide bonds. The van der Waals surface area contributed by atoms with Gasteiger partial charge in [-0.25, -0.2) is 4.99 Å². The molecule has 0 radical (unpaired) electrons. The van der Waals surface area contributed by atoms with E-state index in [1.54, 1.807) is 23.6 Å². The van der Waals surface area contributed by atoms with Crippen LogP contribution in [0.25, 0.3) is 11.3 Å². The van der Waals surface area contributed by atoms with Gasteiger partial charge in [-0.05, 0) is 99.0 Å². The number of non-ortho nitro benzene ring substituents is 1. The van der Waals surface area contributed by atoms with Gasteiger partial charge in [0, 0.05) is 28.3 Å². The minimum atomic E-state index is -0.407. The van der Waals surface area contributed by atoms with Crippen molar-refractivity contribution in [2.75, 3.05) is 5.32 Å². The number of nitrogens with one attached hydrogen (secondary N) is 1. The third kappa shape index (κ3) is 6.01. The van der Waals surface area contributed by atoms with Crippen molar-refractivity contribution < 1.29 is 14.1 Å². The van der Waals surface area contributed by atoms with Gasteiger partial charge < -0.3 is 9.73 Å². The SMILES string of the molecule is Cc1cc(C)cc(NC(=O)c2c(N=Cc3ccc(-c4ccc([N+](=O)[O-])cc4C)o3)sc3c2CCCCCC3)c1. The number of anilines is 1. The lowest BCUT2D eigenvalue weighted by atomic mass is 9.96. The standard InChI is InChI=1S/C31H31N3O4S/c1-19-14-20(2)16-22(15-19)33-30(35)29-26-8-6-4-5-7-9-28(26)39-31(29)32-18-24-11-13-27(38-24)25-12-10-23(34(36)37)17-21(25)3/h10-18H,4-9H2,1-3H3,(H,33,35). The number of aliphatic imine (C=N–C) groups is 1. The fourth-order valence-electron chi connectivity index (χ4n) is 5.20. The summed E-state index contributed by atoms with van der Waals surface area (Å²) in [4.78, 5) is 30.3. The van der Waals surface area contributed by atoms with Crippen molar-refractivity contribution in [1.82, 2.24) is 0 Å². The van der Waals surface area contributed by atoms with Gasteiger partial charge in [-0.15, -0.1) is 11.3 Å². The van der Waals surface area contributed by atoms with Gasteiger partial charge in [0.05, 0.1) is 16.7 Å². The minimum Gasteiger partial charge on any atom is -0.455 e. The van der Waals surface area contributed by atoms with Crippen molar-refractivity contribution in [3.05, 3.63) is 97.1 Å². The smallest absolute Gasteiger partial charge is 0.269 e. The van der Waals surface area contributed by atoms with Gasteiger partial charge in [-0.3, -0.25) is 14.9 Å². The lowest BCUT2D eigenvalue weighted by molar-refractivity contribution is -0.384. The van der Waals surface area contributed by atoms with E-state index < -0.39 is 4.92 Å². The molecule has 2 heterocycles. The molecule has 5 rings (SSSR count). The second-order valence-corrected chi connectivity index (χ2v) is 11.2. The van der Waals surface area contributed by atoms with E-state index in [2.05, 4.69) is 11.4 Å². The molecule has 7 nitrogen and oxygen atoms in total. The summed E-state index contributed by atoms with van der Waals surface area (Å²) in [5.41, 5.74) is 6.35.